The minimum Gasteiger partial charge on any atom is -0.379 e. The molecule has 1 aromatic rings. The molecule has 1 unspecified atom stereocenters. The molecule has 17 heavy (non-hydrogen) atoms. The smallest absolute Gasteiger partial charge is 0.292 e. The van der Waals surface area contributed by atoms with E-state index >= 15 is 0 Å². The SMILES string of the molecule is Cl.OC1(c2ccc(Br)cc2)CCNCC1(F)F. The van der Waals surface area contributed by atoms with Crippen molar-refractivity contribution >= 4 is 28.3 Å². The van der Waals surface area contributed by atoms with Gasteiger partial charge < -0.3 is 10.4 Å². The third kappa shape index (κ3) is 2.62. The van der Waals surface area contributed by atoms with E-state index in [2.05, 4.69) is 21.2 Å². The summed E-state index contributed by atoms with van der Waals surface area (Å²) in [4.78, 5) is 0. The third-order valence-corrected chi connectivity index (χ3v) is 3.47. The fourth-order valence-electron chi connectivity index (χ4n) is 1.92. The minimum absolute atomic E-state index is 0. The first-order valence-corrected chi connectivity index (χ1v) is 5.82. The van der Waals surface area contributed by atoms with E-state index in [-0.39, 0.29) is 24.4 Å². The van der Waals surface area contributed by atoms with E-state index in [4.69, 9.17) is 0 Å². The molecule has 1 atom stereocenters. The van der Waals surface area contributed by atoms with Gasteiger partial charge in [0.15, 0.2) is 5.60 Å². The molecule has 0 amide bonds. The van der Waals surface area contributed by atoms with Gasteiger partial charge in [-0.25, -0.2) is 8.78 Å². The van der Waals surface area contributed by atoms with E-state index in [1.165, 1.54) is 12.1 Å². The zero-order chi connectivity index (χ0) is 11.8. The first-order valence-electron chi connectivity index (χ1n) is 5.03. The molecule has 2 N–H and O–H groups in total. The van der Waals surface area contributed by atoms with Crippen molar-refractivity contribution in [3.63, 3.8) is 0 Å². The van der Waals surface area contributed by atoms with Gasteiger partial charge in [0.2, 0.25) is 0 Å². The summed E-state index contributed by atoms with van der Waals surface area (Å²) in [7, 11) is 0. The zero-order valence-corrected chi connectivity index (χ0v) is 11.3. The Labute approximate surface area is 113 Å². The highest BCUT2D eigenvalue weighted by Crippen LogP contribution is 2.42. The molecule has 1 aromatic carbocycles. The lowest BCUT2D eigenvalue weighted by Gasteiger charge is -2.40. The lowest BCUT2D eigenvalue weighted by atomic mass is 9.82. The Morgan fingerprint density at radius 3 is 2.35 bits per heavy atom. The number of hydrogen-bond donors (Lipinski definition) is 2. The van der Waals surface area contributed by atoms with Gasteiger partial charge in [0.25, 0.3) is 5.92 Å². The van der Waals surface area contributed by atoms with Crippen LogP contribution in [0.2, 0.25) is 0 Å². The Morgan fingerprint density at radius 1 is 1.24 bits per heavy atom. The van der Waals surface area contributed by atoms with Crippen LogP contribution in [0.3, 0.4) is 0 Å². The number of halogens is 4. The van der Waals surface area contributed by atoms with Crippen molar-refractivity contribution in [2.45, 2.75) is 17.9 Å². The largest absolute Gasteiger partial charge is 0.379 e. The lowest BCUT2D eigenvalue weighted by molar-refractivity contribution is -0.200. The minimum atomic E-state index is -3.14. The summed E-state index contributed by atoms with van der Waals surface area (Å²) in [6, 6.07) is 6.38. The summed E-state index contributed by atoms with van der Waals surface area (Å²) < 4.78 is 28.2. The maximum Gasteiger partial charge on any atom is 0.292 e. The second-order valence-electron chi connectivity index (χ2n) is 4.00. The fraction of sp³-hybridized carbons (Fsp3) is 0.455. The Morgan fingerprint density at radius 2 is 1.82 bits per heavy atom. The van der Waals surface area contributed by atoms with Crippen LogP contribution in [0, 0.1) is 0 Å². The maximum atomic E-state index is 13.7. The van der Waals surface area contributed by atoms with Crippen LogP contribution in [-0.4, -0.2) is 24.1 Å². The normalized spacial score (nSPS) is 27.3. The van der Waals surface area contributed by atoms with E-state index in [1.54, 1.807) is 12.1 Å². The summed E-state index contributed by atoms with van der Waals surface area (Å²) in [5.41, 5.74) is -1.79. The highest BCUT2D eigenvalue weighted by atomic mass is 79.9. The van der Waals surface area contributed by atoms with Crippen LogP contribution < -0.4 is 5.32 Å². The van der Waals surface area contributed by atoms with E-state index in [1.807, 2.05) is 0 Å². The highest BCUT2D eigenvalue weighted by Gasteiger charge is 2.54. The standard InChI is InChI=1S/C11H12BrF2NO.ClH/c12-9-3-1-8(2-4-9)10(16)5-6-15-7-11(10,13)14;/h1-4,15-16H,5-7H2;1H. The van der Waals surface area contributed by atoms with Crippen LogP contribution in [-0.2, 0) is 5.60 Å². The van der Waals surface area contributed by atoms with Gasteiger partial charge in [0, 0.05) is 4.47 Å². The molecule has 1 saturated heterocycles. The summed E-state index contributed by atoms with van der Waals surface area (Å²) in [5.74, 6) is -3.14. The summed E-state index contributed by atoms with van der Waals surface area (Å²) in [5, 5.41) is 12.7. The quantitative estimate of drug-likeness (QED) is 0.831. The molecule has 96 valence electrons. The topological polar surface area (TPSA) is 32.3 Å². The molecule has 1 heterocycles. The molecule has 1 aliphatic rings. The molecule has 1 fully saturated rings. The van der Waals surface area contributed by atoms with Crippen molar-refractivity contribution in [3.05, 3.63) is 34.3 Å². The Hall–Kier alpha value is -0.230. The van der Waals surface area contributed by atoms with Crippen LogP contribution in [0.4, 0.5) is 8.78 Å². The number of alkyl halides is 2. The van der Waals surface area contributed by atoms with Crippen molar-refractivity contribution in [1.29, 1.82) is 0 Å². The summed E-state index contributed by atoms with van der Waals surface area (Å²) >= 11 is 3.23. The van der Waals surface area contributed by atoms with Crippen molar-refractivity contribution in [1.82, 2.24) is 5.32 Å². The van der Waals surface area contributed by atoms with Crippen LogP contribution in [0.15, 0.2) is 28.7 Å². The molecule has 2 nitrogen and oxygen atoms in total. The molecule has 1 aliphatic heterocycles. The summed E-state index contributed by atoms with van der Waals surface area (Å²) in [6.07, 6.45) is 0.0155. The van der Waals surface area contributed by atoms with Gasteiger partial charge in [-0.3, -0.25) is 0 Å². The van der Waals surface area contributed by atoms with Gasteiger partial charge in [0.05, 0.1) is 6.54 Å². The molecule has 0 spiro atoms. The van der Waals surface area contributed by atoms with Crippen molar-refractivity contribution in [2.75, 3.05) is 13.1 Å². The van der Waals surface area contributed by atoms with E-state index in [0.717, 1.165) is 4.47 Å². The molecule has 0 radical (unpaired) electrons. The highest BCUT2D eigenvalue weighted by molar-refractivity contribution is 9.10. The predicted octanol–water partition coefficient (Wildman–Crippen LogP) is 2.69. The summed E-state index contributed by atoms with van der Waals surface area (Å²) in [6.45, 7) is -0.0955. The van der Waals surface area contributed by atoms with Gasteiger partial charge in [-0.15, -0.1) is 12.4 Å². The van der Waals surface area contributed by atoms with Gasteiger partial charge >= 0.3 is 0 Å². The second kappa shape index (κ2) is 5.18. The zero-order valence-electron chi connectivity index (χ0n) is 8.92. The number of piperidine rings is 1. The van der Waals surface area contributed by atoms with Crippen LogP contribution in [0.5, 0.6) is 0 Å². The van der Waals surface area contributed by atoms with E-state index in [9.17, 15) is 13.9 Å². The molecule has 0 aromatic heterocycles. The first kappa shape index (κ1) is 14.8. The maximum absolute atomic E-state index is 13.7. The van der Waals surface area contributed by atoms with Crippen molar-refractivity contribution < 1.29 is 13.9 Å². The fourth-order valence-corrected chi connectivity index (χ4v) is 2.19. The molecular formula is C11H13BrClF2NO. The average molecular weight is 329 g/mol. The number of aliphatic hydroxyl groups is 1. The van der Waals surface area contributed by atoms with E-state index in [0.29, 0.717) is 6.54 Å². The first-order chi connectivity index (χ1) is 7.46. The second-order valence-corrected chi connectivity index (χ2v) is 4.91. The molecule has 6 heteroatoms. The van der Waals surface area contributed by atoms with Crippen LogP contribution in [0.25, 0.3) is 0 Å². The molecule has 2 rings (SSSR count). The van der Waals surface area contributed by atoms with Gasteiger partial charge in [-0.2, -0.15) is 0 Å². The number of nitrogens with one attached hydrogen (secondary N) is 1. The Balaban J connectivity index is 0.00000144. The van der Waals surface area contributed by atoms with Crippen molar-refractivity contribution in [3.8, 4) is 0 Å². The monoisotopic (exact) mass is 327 g/mol. The van der Waals surface area contributed by atoms with Gasteiger partial charge in [0.1, 0.15) is 0 Å². The van der Waals surface area contributed by atoms with Crippen LogP contribution in [0.1, 0.15) is 12.0 Å². The van der Waals surface area contributed by atoms with Gasteiger partial charge in [-0.05, 0) is 30.7 Å². The lowest BCUT2D eigenvalue weighted by Crippen LogP contribution is -2.56. The Kier molecular flexibility index (Phi) is 4.52. The molecular weight excluding hydrogens is 315 g/mol. The average Bonchev–Trinajstić information content (AvgIpc) is 2.23. The number of rotatable bonds is 1. The predicted molar refractivity (Wildman–Crippen MR) is 67.7 cm³/mol. The Bertz CT molecular complexity index is 388. The molecule has 0 aliphatic carbocycles. The van der Waals surface area contributed by atoms with Crippen molar-refractivity contribution in [2.24, 2.45) is 0 Å². The third-order valence-electron chi connectivity index (χ3n) is 2.94. The number of benzene rings is 1. The van der Waals surface area contributed by atoms with Gasteiger partial charge in [-0.1, -0.05) is 28.1 Å². The molecule has 0 bridgehead atoms. The van der Waals surface area contributed by atoms with E-state index < -0.39 is 18.1 Å². The molecule has 0 saturated carbocycles. The van der Waals surface area contributed by atoms with Crippen LogP contribution >= 0.6 is 28.3 Å². The number of hydrogen-bond acceptors (Lipinski definition) is 2.